The van der Waals surface area contributed by atoms with Crippen LogP contribution in [0.15, 0.2) is 22.7 Å². The van der Waals surface area contributed by atoms with E-state index >= 15 is 0 Å². The van der Waals surface area contributed by atoms with Crippen LogP contribution in [0, 0.1) is 5.92 Å². The van der Waals surface area contributed by atoms with Gasteiger partial charge in [-0.2, -0.15) is 0 Å². The molecule has 0 saturated carbocycles. The second kappa shape index (κ2) is 5.59. The Morgan fingerprint density at radius 2 is 2.24 bits per heavy atom. The summed E-state index contributed by atoms with van der Waals surface area (Å²) in [7, 11) is 2.05. The Kier molecular flexibility index (Phi) is 4.34. The molecule has 1 fully saturated rings. The van der Waals surface area contributed by atoms with Crippen molar-refractivity contribution in [2.24, 2.45) is 5.92 Å². The van der Waals surface area contributed by atoms with Crippen molar-refractivity contribution >= 4 is 33.2 Å². The van der Waals surface area contributed by atoms with Crippen LogP contribution in [0.5, 0.6) is 0 Å². The molecule has 2 nitrogen and oxygen atoms in total. The van der Waals surface area contributed by atoms with Crippen molar-refractivity contribution in [1.82, 2.24) is 5.32 Å². The summed E-state index contributed by atoms with van der Waals surface area (Å²) in [6.07, 6.45) is 1.19. The average molecular weight is 318 g/mol. The Labute approximate surface area is 116 Å². The first-order valence-electron chi connectivity index (χ1n) is 5.99. The zero-order valence-electron chi connectivity index (χ0n) is 10.2. The van der Waals surface area contributed by atoms with E-state index in [1.165, 1.54) is 12.1 Å². The zero-order valence-corrected chi connectivity index (χ0v) is 12.6. The summed E-state index contributed by atoms with van der Waals surface area (Å²) in [4.78, 5) is 2.43. The Morgan fingerprint density at radius 3 is 2.82 bits per heavy atom. The van der Waals surface area contributed by atoms with Crippen LogP contribution in [0.1, 0.15) is 13.3 Å². The highest BCUT2D eigenvalue weighted by Crippen LogP contribution is 2.32. The van der Waals surface area contributed by atoms with Gasteiger partial charge in [0, 0.05) is 28.6 Å². The van der Waals surface area contributed by atoms with Crippen LogP contribution in [-0.2, 0) is 0 Å². The number of piperidine rings is 1. The highest BCUT2D eigenvalue weighted by Gasteiger charge is 2.25. The van der Waals surface area contributed by atoms with Gasteiger partial charge in [-0.1, -0.05) is 18.5 Å². The fraction of sp³-hybridized carbons (Fsp3) is 0.538. The fourth-order valence-corrected chi connectivity index (χ4v) is 3.46. The first-order chi connectivity index (χ1) is 8.11. The van der Waals surface area contributed by atoms with Gasteiger partial charge in [-0.15, -0.1) is 0 Å². The van der Waals surface area contributed by atoms with Crippen LogP contribution in [0.4, 0.5) is 5.69 Å². The number of anilines is 1. The molecular weight excluding hydrogens is 300 g/mol. The van der Waals surface area contributed by atoms with Crippen LogP contribution in [-0.4, -0.2) is 26.2 Å². The van der Waals surface area contributed by atoms with E-state index in [1.54, 1.807) is 0 Å². The maximum atomic E-state index is 5.97. The van der Waals surface area contributed by atoms with E-state index in [9.17, 15) is 0 Å². The molecule has 1 aromatic carbocycles. The highest BCUT2D eigenvalue weighted by atomic mass is 79.9. The van der Waals surface area contributed by atoms with Gasteiger partial charge in [-0.3, -0.25) is 0 Å². The lowest BCUT2D eigenvalue weighted by Crippen LogP contribution is -2.47. The van der Waals surface area contributed by atoms with Crippen molar-refractivity contribution in [2.75, 3.05) is 25.0 Å². The molecule has 0 radical (unpaired) electrons. The predicted octanol–water partition coefficient (Wildman–Crippen LogP) is 3.54. The number of rotatable bonds is 2. The van der Waals surface area contributed by atoms with Crippen LogP contribution in [0.25, 0.3) is 0 Å². The van der Waals surface area contributed by atoms with Crippen molar-refractivity contribution in [2.45, 2.75) is 19.4 Å². The summed E-state index contributed by atoms with van der Waals surface area (Å²) in [6.45, 7) is 4.49. The minimum absolute atomic E-state index is 0.636. The van der Waals surface area contributed by atoms with Gasteiger partial charge in [0.2, 0.25) is 0 Å². The lowest BCUT2D eigenvalue weighted by atomic mass is 9.93. The maximum Gasteiger partial charge on any atom is 0.0511 e. The molecule has 1 heterocycles. The van der Waals surface area contributed by atoms with E-state index in [0.717, 1.165) is 22.6 Å². The number of nitrogens with zero attached hydrogens (tertiary/aromatic N) is 1. The van der Waals surface area contributed by atoms with Crippen molar-refractivity contribution < 1.29 is 0 Å². The molecule has 2 unspecified atom stereocenters. The van der Waals surface area contributed by atoms with Gasteiger partial charge in [0.15, 0.2) is 0 Å². The fourth-order valence-electron chi connectivity index (χ4n) is 2.53. The Bertz CT molecular complexity index is 397. The van der Waals surface area contributed by atoms with Gasteiger partial charge < -0.3 is 10.2 Å². The summed E-state index contributed by atoms with van der Waals surface area (Å²) >= 11 is 9.56. The molecule has 17 heavy (non-hydrogen) atoms. The van der Waals surface area contributed by atoms with Gasteiger partial charge in [0.25, 0.3) is 0 Å². The van der Waals surface area contributed by atoms with Crippen molar-refractivity contribution in [1.29, 1.82) is 0 Å². The van der Waals surface area contributed by atoms with Crippen LogP contribution in [0.2, 0.25) is 5.02 Å². The molecular formula is C13H18BrClN2. The molecule has 4 heteroatoms. The minimum Gasteiger partial charge on any atom is -0.370 e. The molecule has 1 aromatic rings. The second-order valence-corrected chi connectivity index (χ2v) is 5.99. The summed E-state index contributed by atoms with van der Waals surface area (Å²) < 4.78 is 1.08. The van der Waals surface area contributed by atoms with Gasteiger partial charge in [-0.25, -0.2) is 0 Å². The topological polar surface area (TPSA) is 15.3 Å². The molecule has 1 aliphatic rings. The van der Waals surface area contributed by atoms with Crippen LogP contribution in [0.3, 0.4) is 0 Å². The third-order valence-electron chi connectivity index (χ3n) is 3.53. The lowest BCUT2D eigenvalue weighted by Gasteiger charge is -2.38. The van der Waals surface area contributed by atoms with Crippen molar-refractivity contribution in [3.05, 3.63) is 27.7 Å². The Morgan fingerprint density at radius 1 is 1.47 bits per heavy atom. The standard InChI is InChI=1S/C13H18BrClN2/c1-9-8-17(6-5-12(9)16-2)13-4-3-10(15)7-11(13)14/h3-4,7,9,12,16H,5-6,8H2,1-2H3. The molecule has 1 N–H and O–H groups in total. The monoisotopic (exact) mass is 316 g/mol. The van der Waals surface area contributed by atoms with E-state index in [0.29, 0.717) is 12.0 Å². The average Bonchev–Trinajstić information content (AvgIpc) is 2.29. The smallest absolute Gasteiger partial charge is 0.0511 e. The number of hydrogen-bond donors (Lipinski definition) is 1. The number of benzene rings is 1. The lowest BCUT2D eigenvalue weighted by molar-refractivity contribution is 0.339. The van der Waals surface area contributed by atoms with Gasteiger partial charge in [-0.05, 0) is 53.5 Å². The molecule has 2 rings (SSSR count). The highest BCUT2D eigenvalue weighted by molar-refractivity contribution is 9.10. The van der Waals surface area contributed by atoms with E-state index in [-0.39, 0.29) is 0 Å². The van der Waals surface area contributed by atoms with E-state index < -0.39 is 0 Å². The normalized spacial score (nSPS) is 25.1. The summed E-state index contributed by atoms with van der Waals surface area (Å²) in [5, 5.41) is 4.17. The van der Waals surface area contributed by atoms with E-state index in [4.69, 9.17) is 11.6 Å². The zero-order chi connectivity index (χ0) is 12.4. The molecule has 0 spiro atoms. The number of halogens is 2. The molecule has 2 atom stereocenters. The quantitative estimate of drug-likeness (QED) is 0.897. The Balaban J connectivity index is 2.14. The third kappa shape index (κ3) is 2.95. The second-order valence-electron chi connectivity index (χ2n) is 4.70. The predicted molar refractivity (Wildman–Crippen MR) is 78.0 cm³/mol. The maximum absolute atomic E-state index is 5.97. The van der Waals surface area contributed by atoms with Gasteiger partial charge >= 0.3 is 0 Å². The number of nitrogens with one attached hydrogen (secondary N) is 1. The number of hydrogen-bond acceptors (Lipinski definition) is 2. The van der Waals surface area contributed by atoms with E-state index in [1.807, 2.05) is 12.1 Å². The first-order valence-corrected chi connectivity index (χ1v) is 7.16. The third-order valence-corrected chi connectivity index (χ3v) is 4.40. The van der Waals surface area contributed by atoms with Gasteiger partial charge in [0.05, 0.1) is 5.69 Å². The molecule has 1 aliphatic heterocycles. The summed E-state index contributed by atoms with van der Waals surface area (Å²) in [5.74, 6) is 0.663. The first kappa shape index (κ1) is 13.2. The van der Waals surface area contributed by atoms with Gasteiger partial charge in [0.1, 0.15) is 0 Å². The van der Waals surface area contributed by atoms with E-state index in [2.05, 4.69) is 46.2 Å². The molecule has 0 amide bonds. The molecule has 0 bridgehead atoms. The Hall–Kier alpha value is -0.250. The SMILES string of the molecule is CNC1CCN(c2ccc(Cl)cc2Br)CC1C. The molecule has 0 aromatic heterocycles. The summed E-state index contributed by atoms with van der Waals surface area (Å²) in [6, 6.07) is 6.65. The minimum atomic E-state index is 0.636. The van der Waals surface area contributed by atoms with Crippen molar-refractivity contribution in [3.8, 4) is 0 Å². The van der Waals surface area contributed by atoms with Crippen LogP contribution < -0.4 is 10.2 Å². The van der Waals surface area contributed by atoms with Crippen molar-refractivity contribution in [3.63, 3.8) is 0 Å². The largest absolute Gasteiger partial charge is 0.370 e. The molecule has 1 saturated heterocycles. The van der Waals surface area contributed by atoms with Crippen LogP contribution >= 0.6 is 27.5 Å². The molecule has 94 valence electrons. The molecule has 0 aliphatic carbocycles. The summed E-state index contributed by atoms with van der Waals surface area (Å²) in [5.41, 5.74) is 1.25.